The van der Waals surface area contributed by atoms with Crippen LogP contribution in [0.15, 0.2) is 53.8 Å². The number of methoxy groups -OCH3 is 1. The van der Waals surface area contributed by atoms with Crippen LogP contribution in [0.5, 0.6) is 5.75 Å². The first-order valence-corrected chi connectivity index (χ1v) is 19.7. The second-order valence-corrected chi connectivity index (χ2v) is 19.7. The SMILES string of the molecule is C=C1N(C)CN(C(=NC(=O)OC(C)(C)C)N(Cc2cc(F)c(I(OS(=O)(=O)C(F)(F)F)c3ccc(OC)cc3)c(F)c2)C(=O)OC(C)(C)C)CN1C. The van der Waals surface area contributed by atoms with Crippen LogP contribution >= 0.6 is 20.2 Å². The molecule has 0 aromatic heterocycles. The van der Waals surface area contributed by atoms with Crippen molar-refractivity contribution in [2.45, 2.75) is 64.8 Å². The zero-order chi connectivity index (χ0) is 39.6. The molecule has 0 spiro atoms. The number of guanidine groups is 1. The standard InChI is InChI=1S/C32H41F5IN5O8S/c1-20-40(8)18-42(19-41(20)9)27(39-28(44)49-30(2,3)4)43(29(45)50-31(5,6)7)17-21-15-24(33)26(25(34)16-21)38(51-52(46,47)32(35,36)37)22-11-13-23(48-10)14-12-22/h11-16H,1,17-19H2,2-10H3. The summed E-state index contributed by atoms with van der Waals surface area (Å²) < 4.78 is 116. The van der Waals surface area contributed by atoms with Crippen molar-refractivity contribution in [1.29, 1.82) is 0 Å². The van der Waals surface area contributed by atoms with Crippen LogP contribution in [0.25, 0.3) is 0 Å². The van der Waals surface area contributed by atoms with Gasteiger partial charge < -0.3 is 0 Å². The number of hydrogen-bond donors (Lipinski definition) is 0. The zero-order valence-corrected chi connectivity index (χ0v) is 32.9. The van der Waals surface area contributed by atoms with Gasteiger partial charge in [-0.15, -0.1) is 0 Å². The van der Waals surface area contributed by atoms with Crippen molar-refractivity contribution in [3.63, 3.8) is 0 Å². The number of aliphatic imine (C=N–C) groups is 1. The van der Waals surface area contributed by atoms with Gasteiger partial charge in [0.05, 0.1) is 0 Å². The van der Waals surface area contributed by atoms with E-state index in [1.807, 2.05) is 0 Å². The number of halogens is 6. The minimum atomic E-state index is -6.31. The summed E-state index contributed by atoms with van der Waals surface area (Å²) in [6.45, 7) is 12.8. The van der Waals surface area contributed by atoms with Crippen LogP contribution in [0.4, 0.5) is 31.5 Å². The number of nitrogens with zero attached hydrogens (tertiary/aromatic N) is 5. The molecule has 0 unspecified atom stereocenters. The third kappa shape index (κ3) is 11.0. The summed E-state index contributed by atoms with van der Waals surface area (Å²) in [4.78, 5) is 36.6. The Balaban J connectivity index is 2.21. The molecule has 290 valence electrons. The fourth-order valence-corrected chi connectivity index (χ4v) is 10.8. The van der Waals surface area contributed by atoms with Crippen LogP contribution in [0.2, 0.25) is 0 Å². The number of ether oxygens (including phenoxy) is 3. The first-order valence-electron chi connectivity index (χ1n) is 15.2. The Morgan fingerprint density at radius 1 is 0.923 bits per heavy atom. The van der Waals surface area contributed by atoms with Gasteiger partial charge >= 0.3 is 308 Å². The molecule has 0 radical (unpaired) electrons. The van der Waals surface area contributed by atoms with E-state index in [4.69, 9.17) is 14.2 Å². The van der Waals surface area contributed by atoms with Gasteiger partial charge in [0.1, 0.15) is 0 Å². The van der Waals surface area contributed by atoms with Crippen molar-refractivity contribution in [1.82, 2.24) is 19.6 Å². The average Bonchev–Trinajstić information content (AvgIpc) is 2.98. The van der Waals surface area contributed by atoms with Crippen molar-refractivity contribution in [3.8, 4) is 5.75 Å². The van der Waals surface area contributed by atoms with Gasteiger partial charge in [0.15, 0.2) is 0 Å². The zero-order valence-electron chi connectivity index (χ0n) is 30.0. The second kappa shape index (κ2) is 16.0. The first kappa shape index (κ1) is 42.5. The summed E-state index contributed by atoms with van der Waals surface area (Å²) in [6, 6.07) is 6.26. The van der Waals surface area contributed by atoms with Gasteiger partial charge in [0.25, 0.3) is 0 Å². The van der Waals surface area contributed by atoms with E-state index in [1.54, 1.807) is 65.4 Å². The predicted molar refractivity (Wildman–Crippen MR) is 189 cm³/mol. The van der Waals surface area contributed by atoms with E-state index < -0.39 is 81.0 Å². The molecule has 52 heavy (non-hydrogen) atoms. The number of alkyl halides is 3. The van der Waals surface area contributed by atoms with Gasteiger partial charge in [0, 0.05) is 0 Å². The van der Waals surface area contributed by atoms with Crippen molar-refractivity contribution in [2.75, 3.05) is 34.5 Å². The third-order valence-corrected chi connectivity index (χ3v) is 13.8. The van der Waals surface area contributed by atoms with E-state index in [9.17, 15) is 31.2 Å². The fourth-order valence-electron chi connectivity index (χ4n) is 4.37. The van der Waals surface area contributed by atoms with Gasteiger partial charge in [0.2, 0.25) is 0 Å². The van der Waals surface area contributed by atoms with E-state index in [1.165, 1.54) is 24.1 Å². The molecule has 1 fully saturated rings. The Kier molecular flexibility index (Phi) is 13.1. The normalized spacial score (nSPS) is 15.0. The Hall–Kier alpha value is -3.92. The van der Waals surface area contributed by atoms with Gasteiger partial charge in [-0.2, -0.15) is 0 Å². The first-order chi connectivity index (χ1) is 23.7. The van der Waals surface area contributed by atoms with Gasteiger partial charge in [-0.3, -0.25) is 0 Å². The van der Waals surface area contributed by atoms with Crippen LogP contribution < -0.4 is 4.74 Å². The van der Waals surface area contributed by atoms with Gasteiger partial charge in [-0.25, -0.2) is 0 Å². The molecule has 0 N–H and O–H groups in total. The van der Waals surface area contributed by atoms with Crippen molar-refractivity contribution < 1.29 is 56.7 Å². The number of benzene rings is 2. The molecule has 20 heteroatoms. The molecular formula is C32H41F5IN5O8S. The molecule has 0 bridgehead atoms. The van der Waals surface area contributed by atoms with Crippen LogP contribution in [-0.2, 0) is 28.6 Å². The van der Waals surface area contributed by atoms with E-state index in [0.29, 0.717) is 5.82 Å². The molecule has 1 saturated heterocycles. The van der Waals surface area contributed by atoms with Crippen LogP contribution in [0, 0.1) is 18.8 Å². The number of carbonyl (C=O) groups excluding carboxylic acids is 2. The van der Waals surface area contributed by atoms with Gasteiger partial charge in [-0.05, 0) is 0 Å². The third-order valence-electron chi connectivity index (χ3n) is 6.60. The maximum atomic E-state index is 16.0. The second-order valence-electron chi connectivity index (χ2n) is 13.3. The van der Waals surface area contributed by atoms with E-state index in [2.05, 4.69) is 14.1 Å². The van der Waals surface area contributed by atoms with E-state index in [0.717, 1.165) is 29.2 Å². The minimum absolute atomic E-state index is 0.0344. The Morgan fingerprint density at radius 2 is 1.42 bits per heavy atom. The molecule has 2 aromatic carbocycles. The number of carbonyl (C=O) groups is 2. The molecule has 1 aliphatic heterocycles. The Bertz CT molecular complexity index is 1760. The quantitative estimate of drug-likeness (QED) is 0.0720. The molecule has 0 saturated carbocycles. The molecule has 1 aliphatic rings. The fraction of sp³-hybridized carbons (Fsp3) is 0.469. The van der Waals surface area contributed by atoms with Crippen LogP contribution in [0.1, 0.15) is 47.1 Å². The topological polar surface area (TPSA) is 131 Å². The van der Waals surface area contributed by atoms with E-state index in [-0.39, 0.29) is 34.2 Å². The van der Waals surface area contributed by atoms with E-state index >= 15 is 8.78 Å². The van der Waals surface area contributed by atoms with Crippen LogP contribution in [-0.4, -0.2) is 97.4 Å². The summed E-state index contributed by atoms with van der Waals surface area (Å²) in [6.07, 6.45) is -2.18. The molecule has 13 nitrogen and oxygen atoms in total. The van der Waals surface area contributed by atoms with Gasteiger partial charge in [-0.1, -0.05) is 0 Å². The number of rotatable bonds is 7. The van der Waals surface area contributed by atoms with Crippen molar-refractivity contribution in [3.05, 3.63) is 73.1 Å². The molecule has 2 amide bonds. The predicted octanol–water partition coefficient (Wildman–Crippen LogP) is 6.89. The summed E-state index contributed by atoms with van der Waals surface area (Å²) in [5.74, 6) is -2.40. The average molecular weight is 878 g/mol. The van der Waals surface area contributed by atoms with Crippen LogP contribution in [0.3, 0.4) is 0 Å². The number of amides is 2. The molecule has 0 atom stereocenters. The molecule has 2 aromatic rings. The summed E-state index contributed by atoms with van der Waals surface area (Å²) in [5.41, 5.74) is -8.26. The monoisotopic (exact) mass is 877 g/mol. The summed E-state index contributed by atoms with van der Waals surface area (Å²) >= 11 is -4.57. The Labute approximate surface area is 307 Å². The molecular weight excluding hydrogens is 836 g/mol. The molecule has 3 rings (SSSR count). The summed E-state index contributed by atoms with van der Waals surface area (Å²) in [5, 5.41) is 0. The Morgan fingerprint density at radius 3 is 1.87 bits per heavy atom. The number of hydrogen-bond acceptors (Lipinski definition) is 10. The van der Waals surface area contributed by atoms with Crippen molar-refractivity contribution in [2.24, 2.45) is 4.99 Å². The van der Waals surface area contributed by atoms with Crippen molar-refractivity contribution >= 4 is 48.5 Å². The summed E-state index contributed by atoms with van der Waals surface area (Å²) in [7, 11) is -1.64. The molecule has 0 aliphatic carbocycles. The molecule has 1 heterocycles. The maximum absolute atomic E-state index is 16.0.